The zero-order valence-electron chi connectivity index (χ0n) is 10.9. The Hall–Kier alpha value is -1.18. The Kier molecular flexibility index (Phi) is 3.19. The SMILES string of the molecule is Oc1cc(C2CCCC2)c(O)cc1C1CCCC1. The Bertz CT molecular complexity index is 385. The summed E-state index contributed by atoms with van der Waals surface area (Å²) in [5.41, 5.74) is 1.93. The fourth-order valence-electron chi connectivity index (χ4n) is 3.74. The highest BCUT2D eigenvalue weighted by atomic mass is 16.3. The van der Waals surface area contributed by atoms with Crippen molar-refractivity contribution in [2.75, 3.05) is 0 Å². The first-order chi connectivity index (χ1) is 8.75. The first-order valence-corrected chi connectivity index (χ1v) is 7.31. The molecule has 0 unspecified atom stereocenters. The van der Waals surface area contributed by atoms with E-state index in [0.29, 0.717) is 23.3 Å². The molecule has 1 aromatic carbocycles. The van der Waals surface area contributed by atoms with E-state index in [9.17, 15) is 10.2 Å². The minimum atomic E-state index is 0.404. The molecular weight excluding hydrogens is 224 g/mol. The molecule has 0 aromatic heterocycles. The third-order valence-corrected chi connectivity index (χ3v) is 4.77. The smallest absolute Gasteiger partial charge is 0.119 e. The lowest BCUT2D eigenvalue weighted by Crippen LogP contribution is -1.98. The second-order valence-electron chi connectivity index (χ2n) is 5.93. The minimum Gasteiger partial charge on any atom is -0.508 e. The van der Waals surface area contributed by atoms with Crippen LogP contribution in [-0.4, -0.2) is 10.2 Å². The molecule has 3 rings (SSSR count). The van der Waals surface area contributed by atoms with Gasteiger partial charge in [-0.25, -0.2) is 0 Å². The van der Waals surface area contributed by atoms with Crippen LogP contribution in [0.15, 0.2) is 12.1 Å². The predicted molar refractivity (Wildman–Crippen MR) is 72.2 cm³/mol. The highest BCUT2D eigenvalue weighted by Gasteiger charge is 2.25. The molecule has 0 saturated heterocycles. The van der Waals surface area contributed by atoms with E-state index in [-0.39, 0.29) is 0 Å². The van der Waals surface area contributed by atoms with Gasteiger partial charge in [0.1, 0.15) is 11.5 Å². The molecule has 0 bridgehead atoms. The molecule has 2 heteroatoms. The topological polar surface area (TPSA) is 40.5 Å². The van der Waals surface area contributed by atoms with E-state index in [0.717, 1.165) is 36.8 Å². The third-order valence-electron chi connectivity index (χ3n) is 4.77. The molecule has 0 heterocycles. The van der Waals surface area contributed by atoms with E-state index in [2.05, 4.69) is 0 Å². The van der Waals surface area contributed by atoms with Crippen molar-refractivity contribution in [3.63, 3.8) is 0 Å². The van der Waals surface area contributed by atoms with Crippen LogP contribution in [0.3, 0.4) is 0 Å². The summed E-state index contributed by atoms with van der Waals surface area (Å²) in [5.74, 6) is 1.71. The van der Waals surface area contributed by atoms with Gasteiger partial charge in [-0.2, -0.15) is 0 Å². The number of aromatic hydroxyl groups is 2. The molecule has 18 heavy (non-hydrogen) atoms. The van der Waals surface area contributed by atoms with Crippen LogP contribution in [0.25, 0.3) is 0 Å². The molecule has 2 aliphatic rings. The Balaban J connectivity index is 1.91. The highest BCUT2D eigenvalue weighted by Crippen LogP contribution is 2.45. The standard InChI is InChI=1S/C16H22O2/c17-15-10-14(12-7-3-4-8-12)16(18)9-13(15)11-5-1-2-6-11/h9-12,17-18H,1-8H2. The lowest BCUT2D eigenvalue weighted by molar-refractivity contribution is 0.438. The van der Waals surface area contributed by atoms with Gasteiger partial charge in [0.05, 0.1) is 0 Å². The van der Waals surface area contributed by atoms with Gasteiger partial charge in [-0.3, -0.25) is 0 Å². The number of hydrogen-bond acceptors (Lipinski definition) is 2. The van der Waals surface area contributed by atoms with E-state index in [1.54, 1.807) is 0 Å². The molecule has 0 radical (unpaired) electrons. The fraction of sp³-hybridized carbons (Fsp3) is 0.625. The Morgan fingerprint density at radius 1 is 0.667 bits per heavy atom. The zero-order chi connectivity index (χ0) is 12.5. The monoisotopic (exact) mass is 246 g/mol. The van der Waals surface area contributed by atoms with Crippen molar-refractivity contribution >= 4 is 0 Å². The van der Waals surface area contributed by atoms with Gasteiger partial charge in [-0.15, -0.1) is 0 Å². The maximum absolute atomic E-state index is 10.2. The second kappa shape index (κ2) is 4.83. The zero-order valence-corrected chi connectivity index (χ0v) is 10.9. The molecule has 2 aliphatic carbocycles. The van der Waals surface area contributed by atoms with Gasteiger partial charge >= 0.3 is 0 Å². The van der Waals surface area contributed by atoms with Crippen molar-refractivity contribution in [2.45, 2.75) is 63.2 Å². The molecule has 0 spiro atoms. The van der Waals surface area contributed by atoms with E-state index < -0.39 is 0 Å². The van der Waals surface area contributed by atoms with Gasteiger partial charge in [-0.05, 0) is 49.7 Å². The molecule has 2 fully saturated rings. The lowest BCUT2D eigenvalue weighted by Gasteiger charge is -2.17. The van der Waals surface area contributed by atoms with Crippen LogP contribution in [0.4, 0.5) is 0 Å². The van der Waals surface area contributed by atoms with Crippen molar-refractivity contribution in [3.05, 3.63) is 23.3 Å². The number of hydrogen-bond donors (Lipinski definition) is 2. The molecule has 0 atom stereocenters. The minimum absolute atomic E-state index is 0.404. The maximum atomic E-state index is 10.2. The van der Waals surface area contributed by atoms with Crippen LogP contribution in [-0.2, 0) is 0 Å². The Morgan fingerprint density at radius 2 is 1.00 bits per heavy atom. The van der Waals surface area contributed by atoms with Gasteiger partial charge in [0, 0.05) is 11.1 Å². The van der Waals surface area contributed by atoms with Gasteiger partial charge in [-0.1, -0.05) is 25.7 Å². The summed E-state index contributed by atoms with van der Waals surface area (Å²) in [5, 5.41) is 20.5. The highest BCUT2D eigenvalue weighted by molar-refractivity contribution is 5.48. The molecule has 1 aromatic rings. The second-order valence-corrected chi connectivity index (χ2v) is 5.93. The van der Waals surface area contributed by atoms with Crippen molar-refractivity contribution in [3.8, 4) is 11.5 Å². The van der Waals surface area contributed by atoms with Crippen LogP contribution in [0.5, 0.6) is 11.5 Å². The summed E-state index contributed by atoms with van der Waals surface area (Å²) in [6.07, 6.45) is 9.58. The van der Waals surface area contributed by atoms with Crippen molar-refractivity contribution < 1.29 is 10.2 Å². The van der Waals surface area contributed by atoms with Gasteiger partial charge in [0.2, 0.25) is 0 Å². The van der Waals surface area contributed by atoms with Crippen LogP contribution >= 0.6 is 0 Å². The van der Waals surface area contributed by atoms with Crippen LogP contribution < -0.4 is 0 Å². The molecular formula is C16H22O2. The van der Waals surface area contributed by atoms with Crippen molar-refractivity contribution in [1.29, 1.82) is 0 Å². The Labute approximate surface area is 109 Å². The lowest BCUT2D eigenvalue weighted by atomic mass is 9.90. The number of benzene rings is 1. The van der Waals surface area contributed by atoms with E-state index in [4.69, 9.17) is 0 Å². The summed E-state index contributed by atoms with van der Waals surface area (Å²) in [6.45, 7) is 0. The normalized spacial score (nSPS) is 21.8. The summed E-state index contributed by atoms with van der Waals surface area (Å²) >= 11 is 0. The molecule has 2 saturated carbocycles. The molecule has 98 valence electrons. The third kappa shape index (κ3) is 2.09. The largest absolute Gasteiger partial charge is 0.508 e. The van der Waals surface area contributed by atoms with Gasteiger partial charge < -0.3 is 10.2 Å². The van der Waals surface area contributed by atoms with Crippen LogP contribution in [0, 0.1) is 0 Å². The first kappa shape index (κ1) is 11.9. The maximum Gasteiger partial charge on any atom is 0.119 e. The summed E-state index contributed by atoms with van der Waals surface area (Å²) < 4.78 is 0. The Morgan fingerprint density at radius 3 is 1.33 bits per heavy atom. The van der Waals surface area contributed by atoms with Gasteiger partial charge in [0.15, 0.2) is 0 Å². The van der Waals surface area contributed by atoms with Gasteiger partial charge in [0.25, 0.3) is 0 Å². The quantitative estimate of drug-likeness (QED) is 0.759. The van der Waals surface area contributed by atoms with Crippen LogP contribution in [0.1, 0.15) is 74.3 Å². The summed E-state index contributed by atoms with van der Waals surface area (Å²) in [7, 11) is 0. The number of rotatable bonds is 2. The average Bonchev–Trinajstić information content (AvgIpc) is 3.02. The molecule has 0 aliphatic heterocycles. The van der Waals surface area contributed by atoms with E-state index in [1.165, 1.54) is 25.7 Å². The molecule has 0 amide bonds. The summed E-state index contributed by atoms with van der Waals surface area (Å²) in [4.78, 5) is 0. The van der Waals surface area contributed by atoms with E-state index in [1.807, 2.05) is 12.1 Å². The fourth-order valence-corrected chi connectivity index (χ4v) is 3.74. The van der Waals surface area contributed by atoms with Crippen molar-refractivity contribution in [2.24, 2.45) is 0 Å². The molecule has 2 N–H and O–H groups in total. The van der Waals surface area contributed by atoms with Crippen LogP contribution in [0.2, 0.25) is 0 Å². The number of phenolic OH excluding ortho intramolecular Hbond substituents is 2. The van der Waals surface area contributed by atoms with E-state index >= 15 is 0 Å². The average molecular weight is 246 g/mol. The summed E-state index contributed by atoms with van der Waals surface area (Å²) in [6, 6.07) is 3.66. The first-order valence-electron chi connectivity index (χ1n) is 7.31. The number of phenols is 2. The van der Waals surface area contributed by atoms with Crippen molar-refractivity contribution in [1.82, 2.24) is 0 Å². The predicted octanol–water partition coefficient (Wildman–Crippen LogP) is 4.41. The molecule has 2 nitrogen and oxygen atoms in total.